The number of benzene rings is 1. The van der Waals surface area contributed by atoms with E-state index in [0.717, 1.165) is 0 Å². The van der Waals surface area contributed by atoms with Crippen LogP contribution in [0.3, 0.4) is 0 Å². The van der Waals surface area contributed by atoms with E-state index in [2.05, 4.69) is 15.5 Å². The lowest BCUT2D eigenvalue weighted by atomic mass is 10.2. The van der Waals surface area contributed by atoms with Gasteiger partial charge in [-0.3, -0.25) is 10.8 Å². The van der Waals surface area contributed by atoms with Crippen molar-refractivity contribution in [1.29, 1.82) is 10.7 Å². The predicted octanol–water partition coefficient (Wildman–Crippen LogP) is 1.75. The Labute approximate surface area is 137 Å². The van der Waals surface area contributed by atoms with Crippen molar-refractivity contribution in [2.45, 2.75) is 6.92 Å². The fraction of sp³-hybridized carbons (Fsp3) is 0.133. The van der Waals surface area contributed by atoms with Gasteiger partial charge in [-0.1, -0.05) is 12.1 Å². The van der Waals surface area contributed by atoms with E-state index >= 15 is 0 Å². The van der Waals surface area contributed by atoms with Crippen LogP contribution in [0.5, 0.6) is 0 Å². The Kier molecular flexibility index (Phi) is 5.25. The number of nitrogens with two attached hydrogens (primary N) is 1. The minimum Gasteiger partial charge on any atom is -0.461 e. The molecule has 0 saturated carbocycles. The van der Waals surface area contributed by atoms with Crippen LogP contribution in [0.2, 0.25) is 0 Å². The number of hydrazone groups is 1. The molecule has 9 heteroatoms. The Morgan fingerprint density at radius 3 is 2.96 bits per heavy atom. The molecule has 0 unspecified atom stereocenters. The van der Waals surface area contributed by atoms with Gasteiger partial charge in [0.05, 0.1) is 17.9 Å². The van der Waals surface area contributed by atoms with E-state index in [9.17, 15) is 4.79 Å². The lowest BCUT2D eigenvalue weighted by molar-refractivity contribution is 0.0519. The SMILES string of the molecule is CCOC(=O)c1coc(-c2ccccc2N/N=C(\C#N)C(=N)N)n1. The van der Waals surface area contributed by atoms with Crippen LogP contribution in [0, 0.1) is 16.7 Å². The van der Waals surface area contributed by atoms with Crippen molar-refractivity contribution in [3.63, 3.8) is 0 Å². The first kappa shape index (κ1) is 16.7. The van der Waals surface area contributed by atoms with Crippen LogP contribution in [0.4, 0.5) is 5.69 Å². The van der Waals surface area contributed by atoms with E-state index in [0.29, 0.717) is 11.3 Å². The van der Waals surface area contributed by atoms with Crippen LogP contribution >= 0.6 is 0 Å². The van der Waals surface area contributed by atoms with Gasteiger partial charge in [0.15, 0.2) is 11.5 Å². The van der Waals surface area contributed by atoms with Gasteiger partial charge in [-0.15, -0.1) is 0 Å². The number of nitrogens with zero attached hydrogens (tertiary/aromatic N) is 3. The number of anilines is 1. The molecule has 24 heavy (non-hydrogen) atoms. The summed E-state index contributed by atoms with van der Waals surface area (Å²) in [5.41, 5.74) is 8.63. The van der Waals surface area contributed by atoms with E-state index in [1.165, 1.54) is 6.26 Å². The van der Waals surface area contributed by atoms with Gasteiger partial charge in [0.2, 0.25) is 11.6 Å². The van der Waals surface area contributed by atoms with Crippen LogP contribution in [-0.2, 0) is 4.74 Å². The molecule has 0 aliphatic rings. The van der Waals surface area contributed by atoms with Crippen molar-refractivity contribution in [2.75, 3.05) is 12.0 Å². The van der Waals surface area contributed by atoms with Gasteiger partial charge < -0.3 is 14.9 Å². The van der Waals surface area contributed by atoms with Crippen LogP contribution in [0.25, 0.3) is 11.5 Å². The molecule has 0 bridgehead atoms. The summed E-state index contributed by atoms with van der Waals surface area (Å²) in [6, 6.07) is 8.54. The molecule has 0 aliphatic carbocycles. The maximum absolute atomic E-state index is 11.6. The minimum atomic E-state index is -0.584. The summed E-state index contributed by atoms with van der Waals surface area (Å²) >= 11 is 0. The van der Waals surface area contributed by atoms with Crippen molar-refractivity contribution < 1.29 is 13.9 Å². The number of nitriles is 1. The van der Waals surface area contributed by atoms with E-state index in [1.54, 1.807) is 37.3 Å². The highest BCUT2D eigenvalue weighted by atomic mass is 16.5. The summed E-state index contributed by atoms with van der Waals surface area (Å²) in [5, 5.41) is 19.8. The quantitative estimate of drug-likeness (QED) is 0.316. The highest BCUT2D eigenvalue weighted by molar-refractivity contribution is 6.45. The van der Waals surface area contributed by atoms with Gasteiger partial charge in [0.1, 0.15) is 12.3 Å². The van der Waals surface area contributed by atoms with Crippen molar-refractivity contribution in [1.82, 2.24) is 4.98 Å². The van der Waals surface area contributed by atoms with Crippen LogP contribution < -0.4 is 11.2 Å². The monoisotopic (exact) mass is 326 g/mol. The molecule has 9 nitrogen and oxygen atoms in total. The molecule has 0 saturated heterocycles. The Balaban J connectivity index is 2.31. The van der Waals surface area contributed by atoms with Crippen molar-refractivity contribution >= 4 is 23.2 Å². The number of oxazole rings is 1. The standard InChI is InChI=1S/C15H14N6O3/c1-2-23-15(22)12-8-24-14(19-12)9-5-3-4-6-10(9)20-21-11(7-16)13(17)18/h3-6,8,20H,2H2,1H3,(H3,17,18)/b21-11+. The predicted molar refractivity (Wildman–Crippen MR) is 86.5 cm³/mol. The molecule has 0 amide bonds. The molecular formula is C15H14N6O3. The molecule has 4 N–H and O–H groups in total. The van der Waals surface area contributed by atoms with Crippen LogP contribution in [0.1, 0.15) is 17.4 Å². The van der Waals surface area contributed by atoms with Gasteiger partial charge in [0.25, 0.3) is 0 Å². The Hall–Kier alpha value is -3.67. The maximum Gasteiger partial charge on any atom is 0.360 e. The lowest BCUT2D eigenvalue weighted by Crippen LogP contribution is -2.21. The third-order valence-corrected chi connectivity index (χ3v) is 2.80. The third-order valence-electron chi connectivity index (χ3n) is 2.80. The number of hydrogen-bond acceptors (Lipinski definition) is 8. The van der Waals surface area contributed by atoms with Gasteiger partial charge >= 0.3 is 5.97 Å². The number of ether oxygens (including phenoxy) is 1. The number of carbonyl (C=O) groups is 1. The van der Waals surface area contributed by atoms with Gasteiger partial charge in [0, 0.05) is 0 Å². The number of esters is 1. The molecule has 122 valence electrons. The van der Waals surface area contributed by atoms with Gasteiger partial charge in [-0.25, -0.2) is 9.78 Å². The number of para-hydroxylation sites is 1. The largest absolute Gasteiger partial charge is 0.461 e. The highest BCUT2D eigenvalue weighted by Crippen LogP contribution is 2.27. The molecule has 1 heterocycles. The van der Waals surface area contributed by atoms with E-state index < -0.39 is 11.8 Å². The Bertz CT molecular complexity index is 834. The number of amidine groups is 1. The third kappa shape index (κ3) is 3.75. The molecule has 0 aliphatic heterocycles. The zero-order chi connectivity index (χ0) is 17.5. The molecule has 0 radical (unpaired) electrons. The normalized spacial score (nSPS) is 10.8. The summed E-state index contributed by atoms with van der Waals surface area (Å²) in [6.07, 6.45) is 1.20. The zero-order valence-electron chi connectivity index (χ0n) is 12.7. The number of nitrogens with one attached hydrogen (secondary N) is 2. The van der Waals surface area contributed by atoms with E-state index in [-0.39, 0.29) is 23.9 Å². The average molecular weight is 326 g/mol. The first-order valence-corrected chi connectivity index (χ1v) is 6.87. The second-order valence-electron chi connectivity index (χ2n) is 4.40. The second kappa shape index (κ2) is 7.55. The first-order valence-electron chi connectivity index (χ1n) is 6.87. The van der Waals surface area contributed by atoms with Crippen molar-refractivity contribution in [2.24, 2.45) is 10.8 Å². The summed E-state index contributed by atoms with van der Waals surface area (Å²) in [4.78, 5) is 15.7. The van der Waals surface area contributed by atoms with Crippen LogP contribution in [-0.4, -0.2) is 29.1 Å². The molecule has 2 aromatic rings. The summed E-state index contributed by atoms with van der Waals surface area (Å²) in [7, 11) is 0. The summed E-state index contributed by atoms with van der Waals surface area (Å²) < 4.78 is 10.2. The number of carbonyl (C=O) groups excluding carboxylic acids is 1. The molecule has 1 aromatic heterocycles. The van der Waals surface area contributed by atoms with E-state index in [1.807, 2.05) is 0 Å². The van der Waals surface area contributed by atoms with Crippen molar-refractivity contribution in [3.8, 4) is 17.5 Å². The molecule has 0 spiro atoms. The molecular weight excluding hydrogens is 312 g/mol. The fourth-order valence-corrected chi connectivity index (χ4v) is 1.72. The summed E-state index contributed by atoms with van der Waals surface area (Å²) in [6.45, 7) is 1.92. The van der Waals surface area contributed by atoms with Crippen LogP contribution in [0.15, 0.2) is 40.0 Å². The molecule has 0 atom stereocenters. The average Bonchev–Trinajstić information content (AvgIpc) is 3.05. The van der Waals surface area contributed by atoms with E-state index in [4.69, 9.17) is 25.6 Å². The molecule has 2 rings (SSSR count). The lowest BCUT2D eigenvalue weighted by Gasteiger charge is -2.05. The van der Waals surface area contributed by atoms with Crippen molar-refractivity contribution in [3.05, 3.63) is 36.2 Å². The highest BCUT2D eigenvalue weighted by Gasteiger charge is 2.16. The second-order valence-corrected chi connectivity index (χ2v) is 4.40. The Morgan fingerprint density at radius 1 is 1.54 bits per heavy atom. The fourth-order valence-electron chi connectivity index (χ4n) is 1.72. The first-order chi connectivity index (χ1) is 11.6. The zero-order valence-corrected chi connectivity index (χ0v) is 12.7. The smallest absolute Gasteiger partial charge is 0.360 e. The number of aromatic nitrogens is 1. The maximum atomic E-state index is 11.6. The topological polar surface area (TPSA) is 150 Å². The molecule has 0 fully saturated rings. The Morgan fingerprint density at radius 2 is 2.29 bits per heavy atom. The summed E-state index contributed by atoms with van der Waals surface area (Å²) in [5.74, 6) is -0.861. The van der Waals surface area contributed by atoms with Gasteiger partial charge in [-0.05, 0) is 19.1 Å². The van der Waals surface area contributed by atoms with Gasteiger partial charge in [-0.2, -0.15) is 10.4 Å². The minimum absolute atomic E-state index is 0.0478. The number of hydrogen-bond donors (Lipinski definition) is 3. The number of rotatable bonds is 6. The molecule has 1 aromatic carbocycles.